The molecule has 0 heterocycles. The van der Waals surface area contributed by atoms with Crippen molar-refractivity contribution in [2.24, 2.45) is 0 Å². The van der Waals surface area contributed by atoms with Gasteiger partial charge in [-0.3, -0.25) is 0 Å². The van der Waals surface area contributed by atoms with E-state index in [1.54, 1.807) is 0 Å². The van der Waals surface area contributed by atoms with E-state index in [1.807, 2.05) is 0 Å². The molecule has 0 heteroatoms. The normalized spacial score (nSPS) is 10.5. The maximum absolute atomic E-state index is 2.22. The fraction of sp³-hybridized carbons (Fsp3) is 0.167. The van der Waals surface area contributed by atoms with Gasteiger partial charge in [0.05, 0.1) is 0 Å². The Labute approximate surface area is 74.3 Å². The third-order valence-corrected chi connectivity index (χ3v) is 2.15. The highest BCUT2D eigenvalue weighted by molar-refractivity contribution is 5.83. The molecule has 0 N–H and O–H groups in total. The second-order valence-corrected chi connectivity index (χ2v) is 3.35. The summed E-state index contributed by atoms with van der Waals surface area (Å²) in [5.74, 6) is 0. The topological polar surface area (TPSA) is 0 Å². The lowest BCUT2D eigenvalue weighted by Gasteiger charge is -1.99. The zero-order valence-corrected chi connectivity index (χ0v) is 7.46. The summed E-state index contributed by atoms with van der Waals surface area (Å²) < 4.78 is 0. The van der Waals surface area contributed by atoms with Gasteiger partial charge in [0.1, 0.15) is 0 Å². The molecule has 2 rings (SSSR count). The van der Waals surface area contributed by atoms with Crippen molar-refractivity contribution in [3.05, 3.63) is 47.5 Å². The Morgan fingerprint density at radius 3 is 1.58 bits per heavy atom. The lowest BCUT2D eigenvalue weighted by atomic mass is 10.1. The lowest BCUT2D eigenvalue weighted by molar-refractivity contribution is 1.47. The molecule has 2 aromatic rings. The highest BCUT2D eigenvalue weighted by atomic mass is 14.0. The van der Waals surface area contributed by atoms with Crippen LogP contribution in [0, 0.1) is 13.8 Å². The van der Waals surface area contributed by atoms with Crippen molar-refractivity contribution in [2.45, 2.75) is 13.8 Å². The van der Waals surface area contributed by atoms with E-state index in [2.05, 4.69) is 50.2 Å². The Morgan fingerprint density at radius 1 is 0.750 bits per heavy atom. The summed E-state index contributed by atoms with van der Waals surface area (Å²) in [5, 5.41) is 2.67. The molecule has 0 nitrogen and oxygen atoms in total. The number of hydrogen-bond donors (Lipinski definition) is 0. The maximum atomic E-state index is 2.22. The molecule has 0 aromatic heterocycles. The zero-order valence-electron chi connectivity index (χ0n) is 7.46. The van der Waals surface area contributed by atoms with Gasteiger partial charge in [-0.1, -0.05) is 47.5 Å². The first-order chi connectivity index (χ1) is 5.75. The van der Waals surface area contributed by atoms with Crippen LogP contribution in [0.3, 0.4) is 0 Å². The number of fused-ring (bicyclic) bond motifs is 1. The average molecular weight is 159 g/mol. The van der Waals surface area contributed by atoms with Gasteiger partial charge < -0.3 is 0 Å². The molecule has 0 amide bonds. The molecule has 62 valence electrons. The molecule has 12 heavy (non-hydrogen) atoms. The molecule has 0 aliphatic rings. The van der Waals surface area contributed by atoms with Gasteiger partial charge in [-0.2, -0.15) is 0 Å². The Kier molecular flexibility index (Phi) is 1.61. The van der Waals surface area contributed by atoms with Crippen molar-refractivity contribution in [3.63, 3.8) is 0 Å². The quantitative estimate of drug-likeness (QED) is 0.549. The molecular weight excluding hydrogens is 144 g/mol. The van der Waals surface area contributed by atoms with Gasteiger partial charge >= 0.3 is 0 Å². The summed E-state index contributed by atoms with van der Waals surface area (Å²) in [6, 6.07) is 13.1. The molecule has 0 bridgehead atoms. The summed E-state index contributed by atoms with van der Waals surface area (Å²) in [4.78, 5) is 0. The highest BCUT2D eigenvalue weighted by Crippen LogP contribution is 2.16. The molecule has 0 radical (unpaired) electrons. The van der Waals surface area contributed by atoms with Crippen LogP contribution in [0.4, 0.5) is 0 Å². The van der Waals surface area contributed by atoms with Crippen LogP contribution in [0.5, 0.6) is 0 Å². The number of aryl methyl sites for hydroxylation is 2. The van der Waals surface area contributed by atoms with E-state index in [9.17, 15) is 0 Å². The van der Waals surface area contributed by atoms with E-state index in [0.717, 1.165) is 0 Å². The standard InChI is InChI=1S/C12H12.H2/c1-9-3-5-12-8-10(2)4-6-11(12)7-9;/h3-8H,1-2H3;1H/i;1+1. The van der Waals surface area contributed by atoms with E-state index in [1.165, 1.54) is 21.9 Å². The van der Waals surface area contributed by atoms with Crippen molar-refractivity contribution < 1.29 is 1.43 Å². The first-order valence-corrected chi connectivity index (χ1v) is 4.23. The van der Waals surface area contributed by atoms with Gasteiger partial charge in [0.15, 0.2) is 0 Å². The van der Waals surface area contributed by atoms with Crippen molar-refractivity contribution in [3.8, 4) is 0 Å². The van der Waals surface area contributed by atoms with Crippen LogP contribution in [0.2, 0.25) is 0 Å². The van der Waals surface area contributed by atoms with E-state index in [-0.39, 0.29) is 1.43 Å². The van der Waals surface area contributed by atoms with E-state index >= 15 is 0 Å². The van der Waals surface area contributed by atoms with Crippen LogP contribution >= 0.6 is 0 Å². The van der Waals surface area contributed by atoms with Gasteiger partial charge in [0.2, 0.25) is 0 Å². The SMILES string of the molecule is Cc1ccc2cc(C)ccc2c1.[2HH]. The minimum Gasteiger partial charge on any atom is -0.0587 e. The summed E-state index contributed by atoms with van der Waals surface area (Å²) in [7, 11) is 0. The van der Waals surface area contributed by atoms with Crippen molar-refractivity contribution in [1.29, 1.82) is 0 Å². The number of hydrogen-bond acceptors (Lipinski definition) is 0. The summed E-state index contributed by atoms with van der Waals surface area (Å²) >= 11 is 0. The highest BCUT2D eigenvalue weighted by Gasteiger charge is 1.92. The third kappa shape index (κ3) is 1.20. The minimum atomic E-state index is 0. The molecule has 0 aliphatic carbocycles. The van der Waals surface area contributed by atoms with Crippen LogP contribution in [-0.4, -0.2) is 0 Å². The van der Waals surface area contributed by atoms with Gasteiger partial charge in [-0.05, 0) is 24.6 Å². The van der Waals surface area contributed by atoms with Crippen LogP contribution in [-0.2, 0) is 0 Å². The van der Waals surface area contributed by atoms with Crippen LogP contribution in [0.15, 0.2) is 36.4 Å². The molecule has 0 aliphatic heterocycles. The number of benzene rings is 2. The number of rotatable bonds is 0. The monoisotopic (exact) mass is 159 g/mol. The van der Waals surface area contributed by atoms with Crippen LogP contribution in [0.25, 0.3) is 10.8 Å². The Hall–Kier alpha value is -1.30. The second kappa shape index (κ2) is 2.63. The fourth-order valence-electron chi connectivity index (χ4n) is 1.48. The van der Waals surface area contributed by atoms with E-state index in [4.69, 9.17) is 0 Å². The Morgan fingerprint density at radius 2 is 1.17 bits per heavy atom. The molecular formula is C12H14. The van der Waals surface area contributed by atoms with Gasteiger partial charge in [-0.15, -0.1) is 0 Å². The van der Waals surface area contributed by atoms with E-state index in [0.29, 0.717) is 0 Å². The van der Waals surface area contributed by atoms with Gasteiger partial charge in [0.25, 0.3) is 0 Å². The predicted molar refractivity (Wildman–Crippen MR) is 55.5 cm³/mol. The first-order valence-electron chi connectivity index (χ1n) is 4.23. The third-order valence-electron chi connectivity index (χ3n) is 2.15. The molecule has 0 fully saturated rings. The van der Waals surface area contributed by atoms with Crippen molar-refractivity contribution in [2.75, 3.05) is 0 Å². The summed E-state index contributed by atoms with van der Waals surface area (Å²) in [6.45, 7) is 4.25. The second-order valence-electron chi connectivity index (χ2n) is 3.35. The molecule has 0 atom stereocenters. The molecule has 0 saturated carbocycles. The Balaban J connectivity index is 0.000000845. The average Bonchev–Trinajstić information content (AvgIpc) is 2.05. The minimum absolute atomic E-state index is 0. The summed E-state index contributed by atoms with van der Waals surface area (Å²) in [6.07, 6.45) is 0. The molecule has 2 aromatic carbocycles. The van der Waals surface area contributed by atoms with Crippen LogP contribution in [0.1, 0.15) is 12.6 Å². The smallest absolute Gasteiger partial charge is 0 e. The lowest BCUT2D eigenvalue weighted by Crippen LogP contribution is -1.76. The molecule has 0 saturated heterocycles. The fourth-order valence-corrected chi connectivity index (χ4v) is 1.48. The Bertz CT molecular complexity index is 377. The van der Waals surface area contributed by atoms with Crippen LogP contribution < -0.4 is 0 Å². The zero-order chi connectivity index (χ0) is 8.55. The maximum Gasteiger partial charge on any atom is 0 e. The largest absolute Gasteiger partial charge is 0.0587 e. The summed E-state index contributed by atoms with van der Waals surface area (Å²) in [5.41, 5.74) is 2.65. The van der Waals surface area contributed by atoms with E-state index < -0.39 is 0 Å². The van der Waals surface area contributed by atoms with Gasteiger partial charge in [-0.25, -0.2) is 0 Å². The van der Waals surface area contributed by atoms with Crippen molar-refractivity contribution in [1.82, 2.24) is 0 Å². The first kappa shape index (κ1) is 7.35. The molecule has 0 spiro atoms. The van der Waals surface area contributed by atoms with Gasteiger partial charge in [0, 0.05) is 1.43 Å². The van der Waals surface area contributed by atoms with Crippen molar-refractivity contribution >= 4 is 10.8 Å². The predicted octanol–water partition coefficient (Wildman–Crippen LogP) is 3.70. The molecule has 0 unspecified atom stereocenters.